The van der Waals surface area contributed by atoms with Gasteiger partial charge in [-0.2, -0.15) is 0 Å². The molecule has 0 aliphatic carbocycles. The topological polar surface area (TPSA) is 78.5 Å². The molecule has 2 saturated heterocycles. The summed E-state index contributed by atoms with van der Waals surface area (Å²) in [6, 6.07) is 5.76. The van der Waals surface area contributed by atoms with Crippen LogP contribution in [-0.2, 0) is 14.6 Å². The number of benzene rings is 1. The van der Waals surface area contributed by atoms with Crippen LogP contribution in [0.25, 0.3) is 0 Å². The molecular formula is C16H22FN3O3S. The van der Waals surface area contributed by atoms with E-state index in [0.717, 1.165) is 5.56 Å². The van der Waals surface area contributed by atoms with Crippen molar-refractivity contribution in [2.45, 2.75) is 37.4 Å². The second-order valence-electron chi connectivity index (χ2n) is 6.51. The summed E-state index contributed by atoms with van der Waals surface area (Å²) in [5.74, 6) is -0.0473. The van der Waals surface area contributed by atoms with Crippen molar-refractivity contribution in [1.29, 1.82) is 0 Å². The van der Waals surface area contributed by atoms with Gasteiger partial charge in [-0.3, -0.25) is 4.79 Å². The minimum atomic E-state index is -2.94. The van der Waals surface area contributed by atoms with E-state index < -0.39 is 9.84 Å². The summed E-state index contributed by atoms with van der Waals surface area (Å²) in [5.41, 5.74) is 7.00. The Morgan fingerprint density at radius 2 is 1.79 bits per heavy atom. The number of carbonyl (C=O) groups excluding carboxylic acids is 1. The number of nitrogens with zero attached hydrogens (tertiary/aromatic N) is 1. The summed E-state index contributed by atoms with van der Waals surface area (Å²) in [6.07, 6.45) is 1.55. The van der Waals surface area contributed by atoms with E-state index in [-0.39, 0.29) is 41.4 Å². The van der Waals surface area contributed by atoms with Gasteiger partial charge in [0.2, 0.25) is 5.91 Å². The van der Waals surface area contributed by atoms with E-state index in [1.54, 1.807) is 24.1 Å². The van der Waals surface area contributed by atoms with Gasteiger partial charge in [-0.1, -0.05) is 12.1 Å². The summed E-state index contributed by atoms with van der Waals surface area (Å²) in [4.78, 5) is 14.3. The third-order valence-electron chi connectivity index (χ3n) is 4.89. The van der Waals surface area contributed by atoms with Crippen LogP contribution in [0, 0.1) is 5.82 Å². The maximum Gasteiger partial charge on any atom is 0.241 e. The van der Waals surface area contributed by atoms with E-state index in [1.807, 2.05) is 0 Å². The van der Waals surface area contributed by atoms with Crippen molar-refractivity contribution in [3.63, 3.8) is 0 Å². The highest BCUT2D eigenvalue weighted by Crippen LogP contribution is 2.25. The van der Waals surface area contributed by atoms with E-state index in [1.165, 1.54) is 12.1 Å². The van der Waals surface area contributed by atoms with Crippen LogP contribution < -0.4 is 10.9 Å². The number of hydrogen-bond acceptors (Lipinski definition) is 5. The minimum Gasteiger partial charge on any atom is -0.341 e. The van der Waals surface area contributed by atoms with E-state index in [2.05, 4.69) is 10.9 Å². The van der Waals surface area contributed by atoms with Gasteiger partial charge in [0, 0.05) is 19.1 Å². The van der Waals surface area contributed by atoms with Crippen molar-refractivity contribution in [1.82, 2.24) is 15.8 Å². The van der Waals surface area contributed by atoms with E-state index >= 15 is 0 Å². The first-order chi connectivity index (χ1) is 11.4. The largest absolute Gasteiger partial charge is 0.341 e. The predicted molar refractivity (Wildman–Crippen MR) is 88.3 cm³/mol. The molecule has 1 aromatic rings. The average molecular weight is 355 g/mol. The van der Waals surface area contributed by atoms with E-state index in [0.29, 0.717) is 19.3 Å². The number of sulfone groups is 1. The Morgan fingerprint density at radius 3 is 2.42 bits per heavy atom. The van der Waals surface area contributed by atoms with Crippen LogP contribution >= 0.6 is 0 Å². The van der Waals surface area contributed by atoms with Crippen LogP contribution in [0.3, 0.4) is 0 Å². The minimum absolute atomic E-state index is 0.0345. The summed E-state index contributed by atoms with van der Waals surface area (Å²) in [5, 5.41) is 0. The van der Waals surface area contributed by atoms with Crippen LogP contribution in [0.5, 0.6) is 0 Å². The number of hydrogen-bond donors (Lipinski definition) is 2. The molecule has 1 aromatic carbocycles. The van der Waals surface area contributed by atoms with Crippen molar-refractivity contribution in [2.75, 3.05) is 18.6 Å². The molecule has 2 N–H and O–H groups in total. The number of nitrogens with one attached hydrogen (secondary N) is 2. The Labute approximate surface area is 141 Å². The van der Waals surface area contributed by atoms with Crippen LogP contribution in [0.15, 0.2) is 24.3 Å². The summed E-state index contributed by atoms with van der Waals surface area (Å²) in [7, 11) is -1.20. The molecule has 1 amide bonds. The standard InChI is InChI=1S/C16H22FN3O3S/c1-20(13-6-8-24(22,23)9-7-13)16(21)15-10-14(18-19-15)11-2-4-12(17)5-3-11/h2-5,13-15,18-19H,6-10H2,1H3. The number of amides is 1. The zero-order valence-corrected chi connectivity index (χ0v) is 14.4. The zero-order valence-electron chi connectivity index (χ0n) is 13.5. The smallest absolute Gasteiger partial charge is 0.241 e. The van der Waals surface area contributed by atoms with Gasteiger partial charge in [-0.15, -0.1) is 0 Å². The molecule has 24 heavy (non-hydrogen) atoms. The number of hydrazine groups is 1. The Hall–Kier alpha value is -1.51. The fraction of sp³-hybridized carbons (Fsp3) is 0.562. The fourth-order valence-electron chi connectivity index (χ4n) is 3.32. The maximum atomic E-state index is 13.0. The van der Waals surface area contributed by atoms with Crippen molar-refractivity contribution in [3.05, 3.63) is 35.6 Å². The monoisotopic (exact) mass is 355 g/mol. The predicted octanol–water partition coefficient (Wildman–Crippen LogP) is 0.769. The molecule has 3 rings (SSSR count). The molecule has 132 valence electrons. The lowest BCUT2D eigenvalue weighted by Gasteiger charge is -2.32. The summed E-state index contributed by atoms with van der Waals surface area (Å²) >= 11 is 0. The SMILES string of the molecule is CN(C(=O)C1CC(c2ccc(F)cc2)NN1)C1CCS(=O)(=O)CC1. The van der Waals surface area contributed by atoms with E-state index in [4.69, 9.17) is 0 Å². The first-order valence-corrected chi connectivity index (χ1v) is 9.91. The Kier molecular flexibility index (Phi) is 4.89. The van der Waals surface area contributed by atoms with Crippen molar-refractivity contribution < 1.29 is 17.6 Å². The van der Waals surface area contributed by atoms with Gasteiger partial charge in [0.1, 0.15) is 21.7 Å². The highest BCUT2D eigenvalue weighted by molar-refractivity contribution is 7.91. The van der Waals surface area contributed by atoms with Gasteiger partial charge in [0.25, 0.3) is 0 Å². The molecular weight excluding hydrogens is 333 g/mol. The average Bonchev–Trinajstić information content (AvgIpc) is 3.04. The maximum absolute atomic E-state index is 13.0. The lowest BCUT2D eigenvalue weighted by atomic mass is 10.0. The Balaban J connectivity index is 1.59. The molecule has 0 radical (unpaired) electrons. The number of likely N-dealkylation sites (N-methyl/N-ethyl adjacent to an activating group) is 1. The lowest BCUT2D eigenvalue weighted by molar-refractivity contribution is -0.134. The molecule has 0 spiro atoms. The molecule has 2 heterocycles. The van der Waals surface area contributed by atoms with Gasteiger partial charge < -0.3 is 4.90 Å². The molecule has 2 aliphatic heterocycles. The quantitative estimate of drug-likeness (QED) is 0.837. The van der Waals surface area contributed by atoms with Crippen molar-refractivity contribution >= 4 is 15.7 Å². The number of rotatable bonds is 3. The van der Waals surface area contributed by atoms with Crippen molar-refractivity contribution in [2.24, 2.45) is 0 Å². The highest BCUT2D eigenvalue weighted by atomic mass is 32.2. The molecule has 2 atom stereocenters. The fourth-order valence-corrected chi connectivity index (χ4v) is 4.79. The molecule has 2 aliphatic rings. The summed E-state index contributed by atoms with van der Waals surface area (Å²) in [6.45, 7) is 0. The second kappa shape index (κ2) is 6.78. The van der Waals surface area contributed by atoms with Crippen LogP contribution in [0.1, 0.15) is 30.9 Å². The molecule has 2 unspecified atom stereocenters. The van der Waals surface area contributed by atoms with Crippen LogP contribution in [0.2, 0.25) is 0 Å². The van der Waals surface area contributed by atoms with Gasteiger partial charge in [-0.05, 0) is 37.0 Å². The Bertz CT molecular complexity index is 694. The lowest BCUT2D eigenvalue weighted by Crippen LogP contribution is -2.49. The molecule has 6 nitrogen and oxygen atoms in total. The van der Waals surface area contributed by atoms with Crippen LogP contribution in [-0.4, -0.2) is 49.9 Å². The van der Waals surface area contributed by atoms with Gasteiger partial charge in [0.15, 0.2) is 0 Å². The molecule has 0 aromatic heterocycles. The first-order valence-electron chi connectivity index (χ1n) is 8.09. The van der Waals surface area contributed by atoms with E-state index in [9.17, 15) is 17.6 Å². The van der Waals surface area contributed by atoms with Gasteiger partial charge in [0.05, 0.1) is 11.5 Å². The molecule has 8 heteroatoms. The van der Waals surface area contributed by atoms with Crippen LogP contribution in [0.4, 0.5) is 4.39 Å². The number of halogens is 1. The normalized spacial score (nSPS) is 27.1. The molecule has 0 saturated carbocycles. The molecule has 0 bridgehead atoms. The Morgan fingerprint density at radius 1 is 1.17 bits per heavy atom. The first kappa shape index (κ1) is 17.3. The van der Waals surface area contributed by atoms with Gasteiger partial charge in [-0.25, -0.2) is 23.7 Å². The third kappa shape index (κ3) is 3.76. The number of carbonyl (C=O) groups is 1. The third-order valence-corrected chi connectivity index (χ3v) is 6.61. The molecule has 2 fully saturated rings. The summed E-state index contributed by atoms with van der Waals surface area (Å²) < 4.78 is 36.0. The highest BCUT2D eigenvalue weighted by Gasteiger charge is 2.35. The second-order valence-corrected chi connectivity index (χ2v) is 8.82. The van der Waals surface area contributed by atoms with Crippen molar-refractivity contribution in [3.8, 4) is 0 Å². The zero-order chi connectivity index (χ0) is 17.3. The van der Waals surface area contributed by atoms with Gasteiger partial charge >= 0.3 is 0 Å².